The molecule has 0 saturated carbocycles. The molecule has 0 heteroatoms. The molecule has 0 amide bonds. The molecular formula is C21H30. The molecule has 0 N–H and O–H groups in total. The minimum atomic E-state index is 0.0587. The fraction of sp³-hybridized carbons (Fsp3) is 0.429. The molecule has 0 fully saturated rings. The number of hydrogen-bond donors (Lipinski definition) is 0. The fourth-order valence-corrected chi connectivity index (χ4v) is 2.42. The van der Waals surface area contributed by atoms with Gasteiger partial charge in [-0.3, -0.25) is 0 Å². The first-order valence-electron chi connectivity index (χ1n) is 8.09. The summed E-state index contributed by atoms with van der Waals surface area (Å²) in [6, 6.07) is 17.9. The zero-order valence-corrected chi connectivity index (χ0v) is 14.7. The molecule has 21 heavy (non-hydrogen) atoms. The van der Waals surface area contributed by atoms with Crippen LogP contribution >= 0.6 is 0 Å². The average molecular weight is 282 g/mol. The molecule has 2 rings (SSSR count). The zero-order valence-electron chi connectivity index (χ0n) is 14.7. The molecule has 0 aliphatic rings. The van der Waals surface area contributed by atoms with E-state index in [1.54, 1.807) is 0 Å². The van der Waals surface area contributed by atoms with Crippen LogP contribution in [0.2, 0.25) is 0 Å². The molecule has 0 unspecified atom stereocenters. The van der Waals surface area contributed by atoms with Crippen LogP contribution in [-0.4, -0.2) is 0 Å². The van der Waals surface area contributed by atoms with Crippen LogP contribution in [0.5, 0.6) is 0 Å². The normalized spacial score (nSPS) is 11.0. The van der Waals surface area contributed by atoms with Gasteiger partial charge in [-0.25, -0.2) is 0 Å². The van der Waals surface area contributed by atoms with Crippen molar-refractivity contribution in [1.29, 1.82) is 0 Å². The second-order valence-corrected chi connectivity index (χ2v) is 6.27. The molecule has 0 radical (unpaired) electrons. The van der Waals surface area contributed by atoms with Gasteiger partial charge in [-0.15, -0.1) is 0 Å². The Kier molecular flexibility index (Phi) is 6.20. The van der Waals surface area contributed by atoms with E-state index < -0.39 is 0 Å². The molecule has 0 atom stereocenters. The van der Waals surface area contributed by atoms with Crippen LogP contribution in [0.3, 0.4) is 0 Å². The van der Waals surface area contributed by atoms with Crippen molar-refractivity contribution in [3.05, 3.63) is 70.8 Å². The first kappa shape index (κ1) is 17.5. The second kappa shape index (κ2) is 7.45. The van der Waals surface area contributed by atoms with Crippen LogP contribution in [-0.2, 0) is 5.41 Å². The van der Waals surface area contributed by atoms with Gasteiger partial charge >= 0.3 is 0 Å². The van der Waals surface area contributed by atoms with Crippen molar-refractivity contribution in [2.75, 3.05) is 0 Å². The van der Waals surface area contributed by atoms with Crippen molar-refractivity contribution in [3.63, 3.8) is 0 Å². The molecule has 0 aliphatic heterocycles. The zero-order chi connectivity index (χ0) is 16.0. The summed E-state index contributed by atoms with van der Waals surface area (Å²) in [5, 5.41) is 0. The van der Waals surface area contributed by atoms with E-state index in [4.69, 9.17) is 0 Å². The number of benzene rings is 2. The van der Waals surface area contributed by atoms with Crippen LogP contribution in [0, 0.1) is 6.92 Å². The Hall–Kier alpha value is -1.56. The van der Waals surface area contributed by atoms with Gasteiger partial charge in [0, 0.05) is 5.41 Å². The molecule has 0 aromatic heterocycles. The highest BCUT2D eigenvalue weighted by Crippen LogP contribution is 2.32. The Labute approximate surface area is 131 Å². The van der Waals surface area contributed by atoms with Gasteiger partial charge in [0.05, 0.1) is 0 Å². The SMILES string of the molecule is CC.Cc1ccc(C(C)(C)c2ccc(C(C)C)cc2)cc1. The third kappa shape index (κ3) is 4.20. The third-order valence-corrected chi connectivity index (χ3v) is 4.07. The predicted octanol–water partition coefficient (Wildman–Crippen LogP) is 6.47. The fourth-order valence-electron chi connectivity index (χ4n) is 2.42. The summed E-state index contributed by atoms with van der Waals surface area (Å²) in [4.78, 5) is 0. The van der Waals surface area contributed by atoms with Crippen molar-refractivity contribution in [2.24, 2.45) is 0 Å². The molecule has 0 spiro atoms. The highest BCUT2D eigenvalue weighted by molar-refractivity contribution is 5.39. The molecule has 114 valence electrons. The van der Waals surface area contributed by atoms with Crippen molar-refractivity contribution in [2.45, 2.75) is 59.8 Å². The molecule has 2 aromatic rings. The lowest BCUT2D eigenvalue weighted by Gasteiger charge is -2.26. The van der Waals surface area contributed by atoms with Crippen molar-refractivity contribution < 1.29 is 0 Å². The maximum Gasteiger partial charge on any atom is 0.0146 e. The maximum absolute atomic E-state index is 2.29. The minimum Gasteiger partial charge on any atom is -0.0683 e. The van der Waals surface area contributed by atoms with E-state index in [1.807, 2.05) is 13.8 Å². The van der Waals surface area contributed by atoms with Crippen molar-refractivity contribution in [3.8, 4) is 0 Å². The summed E-state index contributed by atoms with van der Waals surface area (Å²) in [7, 11) is 0. The Balaban J connectivity index is 0.00000106. The van der Waals surface area contributed by atoms with Gasteiger partial charge in [-0.05, 0) is 29.5 Å². The molecule has 0 heterocycles. The summed E-state index contributed by atoms with van der Waals surface area (Å²) in [6.07, 6.45) is 0. The van der Waals surface area contributed by atoms with Gasteiger partial charge in [0.2, 0.25) is 0 Å². The smallest absolute Gasteiger partial charge is 0.0146 e. The van der Waals surface area contributed by atoms with Crippen LogP contribution in [0.1, 0.15) is 69.7 Å². The monoisotopic (exact) mass is 282 g/mol. The number of aryl methyl sites for hydroxylation is 1. The van der Waals surface area contributed by atoms with Gasteiger partial charge in [-0.2, -0.15) is 0 Å². The lowest BCUT2D eigenvalue weighted by atomic mass is 9.77. The predicted molar refractivity (Wildman–Crippen MR) is 95.2 cm³/mol. The standard InChI is InChI=1S/C19H24.C2H6/c1-14(2)16-8-12-18(13-9-16)19(4,5)17-10-6-15(3)7-11-17;1-2/h6-14H,1-5H3;1-2H3. The first-order chi connectivity index (χ1) is 9.91. The highest BCUT2D eigenvalue weighted by Gasteiger charge is 2.22. The lowest BCUT2D eigenvalue weighted by Crippen LogP contribution is -2.18. The van der Waals surface area contributed by atoms with Gasteiger partial charge in [0.25, 0.3) is 0 Å². The van der Waals surface area contributed by atoms with E-state index in [9.17, 15) is 0 Å². The van der Waals surface area contributed by atoms with Crippen LogP contribution < -0.4 is 0 Å². The largest absolute Gasteiger partial charge is 0.0683 e. The highest BCUT2D eigenvalue weighted by atomic mass is 14.3. The van der Waals surface area contributed by atoms with E-state index in [1.165, 1.54) is 22.3 Å². The molecular weight excluding hydrogens is 252 g/mol. The maximum atomic E-state index is 2.29. The van der Waals surface area contributed by atoms with E-state index in [2.05, 4.69) is 83.1 Å². The van der Waals surface area contributed by atoms with Crippen molar-refractivity contribution in [1.82, 2.24) is 0 Å². The van der Waals surface area contributed by atoms with Gasteiger partial charge in [0.1, 0.15) is 0 Å². The molecule has 2 aromatic carbocycles. The van der Waals surface area contributed by atoms with Gasteiger partial charge < -0.3 is 0 Å². The first-order valence-corrected chi connectivity index (χ1v) is 8.09. The molecule has 0 bridgehead atoms. The van der Waals surface area contributed by atoms with E-state index in [-0.39, 0.29) is 5.41 Å². The Bertz CT molecular complexity index is 527. The quantitative estimate of drug-likeness (QED) is 0.605. The summed E-state index contributed by atoms with van der Waals surface area (Å²) < 4.78 is 0. The Morgan fingerprint density at radius 1 is 0.714 bits per heavy atom. The second-order valence-electron chi connectivity index (χ2n) is 6.27. The van der Waals surface area contributed by atoms with E-state index in [0.29, 0.717) is 5.92 Å². The summed E-state index contributed by atoms with van der Waals surface area (Å²) in [6.45, 7) is 15.2. The Morgan fingerprint density at radius 2 is 1.10 bits per heavy atom. The third-order valence-electron chi connectivity index (χ3n) is 4.07. The summed E-state index contributed by atoms with van der Waals surface area (Å²) in [5.41, 5.74) is 5.53. The number of hydrogen-bond acceptors (Lipinski definition) is 0. The molecule has 0 nitrogen and oxygen atoms in total. The van der Waals surface area contributed by atoms with Crippen LogP contribution in [0.25, 0.3) is 0 Å². The Morgan fingerprint density at radius 3 is 1.48 bits per heavy atom. The van der Waals surface area contributed by atoms with Crippen molar-refractivity contribution >= 4 is 0 Å². The minimum absolute atomic E-state index is 0.0587. The number of rotatable bonds is 3. The van der Waals surface area contributed by atoms with E-state index in [0.717, 1.165) is 0 Å². The van der Waals surface area contributed by atoms with E-state index >= 15 is 0 Å². The molecule has 0 aliphatic carbocycles. The lowest BCUT2D eigenvalue weighted by molar-refractivity contribution is 0.640. The topological polar surface area (TPSA) is 0 Å². The summed E-state index contributed by atoms with van der Waals surface area (Å²) >= 11 is 0. The summed E-state index contributed by atoms with van der Waals surface area (Å²) in [5.74, 6) is 0.594. The van der Waals surface area contributed by atoms with Crippen LogP contribution in [0.4, 0.5) is 0 Å². The molecule has 0 saturated heterocycles. The van der Waals surface area contributed by atoms with Gasteiger partial charge in [0.15, 0.2) is 0 Å². The van der Waals surface area contributed by atoms with Gasteiger partial charge in [-0.1, -0.05) is 95.6 Å². The van der Waals surface area contributed by atoms with Crippen LogP contribution in [0.15, 0.2) is 48.5 Å². The average Bonchev–Trinajstić information content (AvgIpc) is 2.50.